The number of carbonyl (C=O) groups excluding carboxylic acids is 1. The van der Waals surface area contributed by atoms with Crippen LogP contribution < -0.4 is 5.32 Å². The van der Waals surface area contributed by atoms with Crippen LogP contribution in [0.1, 0.15) is 19.8 Å². The molecular formula is C8H15NO3. The third kappa shape index (κ3) is 2.79. The molecule has 1 amide bonds. The van der Waals surface area contributed by atoms with E-state index in [1.54, 1.807) is 6.92 Å². The van der Waals surface area contributed by atoms with Crippen molar-refractivity contribution in [2.75, 3.05) is 13.2 Å². The largest absolute Gasteiger partial charge is 0.392 e. The summed E-state index contributed by atoms with van der Waals surface area (Å²) in [5, 5.41) is 11.5. The lowest BCUT2D eigenvalue weighted by atomic mass is 10.2. The third-order valence-electron chi connectivity index (χ3n) is 1.79. The van der Waals surface area contributed by atoms with Crippen molar-refractivity contribution in [3.05, 3.63) is 0 Å². The Morgan fingerprint density at radius 1 is 1.83 bits per heavy atom. The van der Waals surface area contributed by atoms with Gasteiger partial charge in [-0.05, 0) is 19.8 Å². The van der Waals surface area contributed by atoms with Gasteiger partial charge in [0.05, 0.1) is 6.10 Å². The van der Waals surface area contributed by atoms with Gasteiger partial charge in [-0.1, -0.05) is 0 Å². The number of rotatable bonds is 3. The van der Waals surface area contributed by atoms with Gasteiger partial charge < -0.3 is 15.2 Å². The highest BCUT2D eigenvalue weighted by Crippen LogP contribution is 2.11. The molecule has 1 aliphatic heterocycles. The minimum atomic E-state index is -0.490. The molecule has 4 heteroatoms. The molecule has 1 saturated heterocycles. The van der Waals surface area contributed by atoms with Gasteiger partial charge in [0.2, 0.25) is 5.91 Å². The Bertz CT molecular complexity index is 152. The van der Waals surface area contributed by atoms with Crippen molar-refractivity contribution < 1.29 is 14.6 Å². The van der Waals surface area contributed by atoms with E-state index in [-0.39, 0.29) is 12.0 Å². The summed E-state index contributed by atoms with van der Waals surface area (Å²) in [6.07, 6.45) is 0.970. The topological polar surface area (TPSA) is 58.6 Å². The summed E-state index contributed by atoms with van der Waals surface area (Å²) in [5.74, 6) is -0.103. The highest BCUT2D eigenvalue weighted by molar-refractivity contribution is 5.80. The molecule has 0 aromatic heterocycles. The Labute approximate surface area is 71.9 Å². The van der Waals surface area contributed by atoms with Crippen LogP contribution in [-0.2, 0) is 9.53 Å². The molecule has 70 valence electrons. The maximum atomic E-state index is 11.2. The second-order valence-corrected chi connectivity index (χ2v) is 3.10. The van der Waals surface area contributed by atoms with E-state index in [4.69, 9.17) is 9.84 Å². The van der Waals surface area contributed by atoms with E-state index in [1.165, 1.54) is 0 Å². The zero-order valence-electron chi connectivity index (χ0n) is 7.25. The molecule has 1 aliphatic rings. The highest BCUT2D eigenvalue weighted by atomic mass is 16.5. The monoisotopic (exact) mass is 173 g/mol. The van der Waals surface area contributed by atoms with Crippen LogP contribution >= 0.6 is 0 Å². The van der Waals surface area contributed by atoms with Crippen molar-refractivity contribution in [2.24, 2.45) is 0 Å². The van der Waals surface area contributed by atoms with E-state index in [9.17, 15) is 4.79 Å². The van der Waals surface area contributed by atoms with Gasteiger partial charge in [0, 0.05) is 13.2 Å². The van der Waals surface area contributed by atoms with Crippen molar-refractivity contribution >= 4 is 5.91 Å². The molecule has 4 nitrogen and oxygen atoms in total. The molecule has 0 saturated carbocycles. The van der Waals surface area contributed by atoms with Crippen molar-refractivity contribution in [3.63, 3.8) is 0 Å². The van der Waals surface area contributed by atoms with Gasteiger partial charge in [-0.2, -0.15) is 0 Å². The Morgan fingerprint density at radius 3 is 3.08 bits per heavy atom. The molecule has 1 fully saturated rings. The quantitative estimate of drug-likeness (QED) is 0.614. The summed E-state index contributed by atoms with van der Waals surface area (Å²) in [7, 11) is 0. The van der Waals surface area contributed by atoms with Gasteiger partial charge in [0.1, 0.15) is 6.10 Å². The van der Waals surface area contributed by atoms with E-state index < -0.39 is 6.10 Å². The molecule has 0 aromatic rings. The summed E-state index contributed by atoms with van der Waals surface area (Å²) < 4.78 is 5.15. The molecule has 1 rings (SSSR count). The normalized spacial score (nSPS) is 25.3. The smallest absolute Gasteiger partial charge is 0.249 e. The first-order valence-corrected chi connectivity index (χ1v) is 4.27. The van der Waals surface area contributed by atoms with Gasteiger partial charge in [0.25, 0.3) is 0 Å². The molecule has 1 heterocycles. The van der Waals surface area contributed by atoms with Crippen LogP contribution in [0.3, 0.4) is 0 Å². The number of hydrogen-bond donors (Lipinski definition) is 2. The second kappa shape index (κ2) is 4.42. The average molecular weight is 173 g/mol. The molecule has 2 atom stereocenters. The van der Waals surface area contributed by atoms with E-state index in [1.807, 2.05) is 0 Å². The molecule has 0 radical (unpaired) electrons. The molecule has 2 N–H and O–H groups in total. The number of ether oxygens (including phenoxy) is 1. The van der Waals surface area contributed by atoms with Crippen LogP contribution in [-0.4, -0.2) is 36.4 Å². The van der Waals surface area contributed by atoms with Crippen LogP contribution in [0, 0.1) is 0 Å². The zero-order valence-corrected chi connectivity index (χ0v) is 7.25. The van der Waals surface area contributed by atoms with Crippen LogP contribution in [0.5, 0.6) is 0 Å². The van der Waals surface area contributed by atoms with Gasteiger partial charge >= 0.3 is 0 Å². The van der Waals surface area contributed by atoms with Crippen LogP contribution in [0.25, 0.3) is 0 Å². The first kappa shape index (κ1) is 9.48. The van der Waals surface area contributed by atoms with Crippen LogP contribution in [0.15, 0.2) is 0 Å². The summed E-state index contributed by atoms with van der Waals surface area (Å²) in [6.45, 7) is 2.61. The third-order valence-corrected chi connectivity index (χ3v) is 1.79. The van der Waals surface area contributed by atoms with Gasteiger partial charge in [-0.25, -0.2) is 0 Å². The van der Waals surface area contributed by atoms with Gasteiger partial charge in [-0.15, -0.1) is 0 Å². The van der Waals surface area contributed by atoms with E-state index in [2.05, 4.69) is 5.32 Å². The Morgan fingerprint density at radius 2 is 2.58 bits per heavy atom. The maximum absolute atomic E-state index is 11.2. The molecule has 0 aliphatic carbocycles. The lowest BCUT2D eigenvalue weighted by Gasteiger charge is -2.11. The standard InChI is InChI=1S/C8H15NO3/c1-6(10)5-9-8(11)7-3-2-4-12-7/h6-7,10H,2-5H2,1H3,(H,9,11)/t6-,7+/m0/s1. The fraction of sp³-hybridized carbons (Fsp3) is 0.875. The van der Waals surface area contributed by atoms with Crippen molar-refractivity contribution in [3.8, 4) is 0 Å². The Balaban J connectivity index is 2.18. The van der Waals surface area contributed by atoms with Gasteiger partial charge in [-0.3, -0.25) is 4.79 Å². The molecule has 0 aromatic carbocycles. The Hall–Kier alpha value is -0.610. The first-order chi connectivity index (χ1) is 5.70. The fourth-order valence-electron chi connectivity index (χ4n) is 1.15. The van der Waals surface area contributed by atoms with E-state index in [0.29, 0.717) is 13.2 Å². The summed E-state index contributed by atoms with van der Waals surface area (Å²) in [4.78, 5) is 11.2. The molecule has 12 heavy (non-hydrogen) atoms. The maximum Gasteiger partial charge on any atom is 0.249 e. The zero-order chi connectivity index (χ0) is 8.97. The summed E-state index contributed by atoms with van der Waals surface area (Å²) in [5.41, 5.74) is 0. The molecular weight excluding hydrogens is 158 g/mol. The van der Waals surface area contributed by atoms with Crippen LogP contribution in [0.2, 0.25) is 0 Å². The highest BCUT2D eigenvalue weighted by Gasteiger charge is 2.23. The predicted molar refractivity (Wildman–Crippen MR) is 43.7 cm³/mol. The summed E-state index contributed by atoms with van der Waals surface area (Å²) >= 11 is 0. The van der Waals surface area contributed by atoms with Crippen molar-refractivity contribution in [1.82, 2.24) is 5.32 Å². The number of hydrogen-bond acceptors (Lipinski definition) is 3. The van der Waals surface area contributed by atoms with Crippen molar-refractivity contribution in [2.45, 2.75) is 32.0 Å². The van der Waals surface area contributed by atoms with E-state index in [0.717, 1.165) is 12.8 Å². The number of aliphatic hydroxyl groups excluding tert-OH is 1. The van der Waals surface area contributed by atoms with Crippen molar-refractivity contribution in [1.29, 1.82) is 0 Å². The molecule has 0 unspecified atom stereocenters. The Kier molecular flexibility index (Phi) is 3.49. The molecule has 0 bridgehead atoms. The lowest BCUT2D eigenvalue weighted by Crippen LogP contribution is -2.37. The second-order valence-electron chi connectivity index (χ2n) is 3.10. The van der Waals surface area contributed by atoms with Gasteiger partial charge in [0.15, 0.2) is 0 Å². The predicted octanol–water partition coefficient (Wildman–Crippen LogP) is -0.338. The number of aliphatic hydroxyl groups is 1. The summed E-state index contributed by atoms with van der Waals surface area (Å²) in [6, 6.07) is 0. The van der Waals surface area contributed by atoms with Crippen LogP contribution in [0.4, 0.5) is 0 Å². The average Bonchev–Trinajstić information content (AvgIpc) is 2.51. The number of carbonyl (C=O) groups is 1. The van der Waals surface area contributed by atoms with E-state index >= 15 is 0 Å². The minimum absolute atomic E-state index is 0.103. The SMILES string of the molecule is C[C@H](O)CNC(=O)[C@H]1CCCO1. The fourth-order valence-corrected chi connectivity index (χ4v) is 1.15. The first-order valence-electron chi connectivity index (χ1n) is 4.27. The minimum Gasteiger partial charge on any atom is -0.392 e. The number of amides is 1. The molecule has 0 spiro atoms. The number of nitrogens with one attached hydrogen (secondary N) is 1. The lowest BCUT2D eigenvalue weighted by molar-refractivity contribution is -0.130.